The van der Waals surface area contributed by atoms with Crippen LogP contribution in [0.5, 0.6) is 5.75 Å². The Hall–Kier alpha value is -0.490. The fourth-order valence-electron chi connectivity index (χ4n) is 1.93. The third-order valence-electron chi connectivity index (χ3n) is 2.79. The first kappa shape index (κ1) is 19.5. The number of benzene rings is 1. The van der Waals surface area contributed by atoms with Gasteiger partial charge in [-0.3, -0.25) is 0 Å². The summed E-state index contributed by atoms with van der Waals surface area (Å²) < 4.78 is 31.1. The molecule has 1 N–H and O–H groups in total. The number of piperazine rings is 1. The number of anilines is 1. The molecule has 0 saturated carbocycles. The predicted molar refractivity (Wildman–Crippen MR) is 82.5 cm³/mol. The smallest absolute Gasteiger partial charge is 0.148 e. The SMILES string of the molecule is Cl.Cl.FCCOc1cc(N2CCNCC2)c(F)cc1Cl. The lowest BCUT2D eigenvalue weighted by molar-refractivity contribution is 0.273. The summed E-state index contributed by atoms with van der Waals surface area (Å²) in [6, 6.07) is 2.76. The number of halogens is 5. The summed E-state index contributed by atoms with van der Waals surface area (Å²) in [5.74, 6) is -0.0567. The van der Waals surface area contributed by atoms with Crippen LogP contribution in [0.1, 0.15) is 0 Å². The van der Waals surface area contributed by atoms with Gasteiger partial charge in [-0.1, -0.05) is 11.6 Å². The monoisotopic (exact) mass is 348 g/mol. The van der Waals surface area contributed by atoms with Crippen LogP contribution in [0, 0.1) is 5.82 Å². The van der Waals surface area contributed by atoms with Crippen molar-refractivity contribution in [3.05, 3.63) is 23.0 Å². The summed E-state index contributed by atoms with van der Waals surface area (Å²) in [5.41, 5.74) is 0.453. The van der Waals surface area contributed by atoms with E-state index in [-0.39, 0.29) is 42.3 Å². The summed E-state index contributed by atoms with van der Waals surface area (Å²) >= 11 is 5.86. The summed E-state index contributed by atoms with van der Waals surface area (Å²) in [7, 11) is 0. The zero-order valence-electron chi connectivity index (χ0n) is 10.7. The Balaban J connectivity index is 0.00000180. The van der Waals surface area contributed by atoms with E-state index in [2.05, 4.69) is 5.32 Å². The highest BCUT2D eigenvalue weighted by Gasteiger charge is 2.17. The molecule has 20 heavy (non-hydrogen) atoms. The average molecular weight is 350 g/mol. The van der Waals surface area contributed by atoms with Gasteiger partial charge in [-0.25, -0.2) is 8.78 Å². The molecule has 1 aromatic carbocycles. The second-order valence-electron chi connectivity index (χ2n) is 4.01. The Kier molecular flexibility index (Phi) is 9.22. The quantitative estimate of drug-likeness (QED) is 0.904. The Morgan fingerprint density at radius 1 is 1.25 bits per heavy atom. The van der Waals surface area contributed by atoms with Gasteiger partial charge in [0.2, 0.25) is 0 Å². The number of nitrogens with zero attached hydrogens (tertiary/aromatic N) is 1. The molecule has 116 valence electrons. The number of ether oxygens (including phenoxy) is 1. The minimum absolute atomic E-state index is 0. The highest BCUT2D eigenvalue weighted by molar-refractivity contribution is 6.32. The van der Waals surface area contributed by atoms with Gasteiger partial charge >= 0.3 is 0 Å². The van der Waals surface area contributed by atoms with E-state index in [1.165, 1.54) is 6.07 Å². The van der Waals surface area contributed by atoms with Gasteiger partial charge < -0.3 is 15.0 Å². The van der Waals surface area contributed by atoms with Crippen LogP contribution in [0.15, 0.2) is 12.1 Å². The van der Waals surface area contributed by atoms with E-state index in [9.17, 15) is 8.78 Å². The summed E-state index contributed by atoms with van der Waals surface area (Å²) in [4.78, 5) is 1.92. The van der Waals surface area contributed by atoms with Crippen molar-refractivity contribution in [1.29, 1.82) is 0 Å². The molecule has 0 unspecified atom stereocenters. The third-order valence-corrected chi connectivity index (χ3v) is 3.09. The van der Waals surface area contributed by atoms with E-state index in [0.717, 1.165) is 26.2 Å². The molecule has 1 heterocycles. The van der Waals surface area contributed by atoms with Crippen molar-refractivity contribution in [1.82, 2.24) is 5.32 Å². The first-order valence-corrected chi connectivity index (χ1v) is 6.23. The molecule has 1 aromatic rings. The number of hydrogen-bond donors (Lipinski definition) is 1. The Bertz CT molecular complexity index is 418. The molecule has 0 amide bonds. The van der Waals surface area contributed by atoms with E-state index in [1.807, 2.05) is 4.90 Å². The van der Waals surface area contributed by atoms with Gasteiger partial charge in [-0.05, 0) is 6.07 Å². The molecule has 0 spiro atoms. The lowest BCUT2D eigenvalue weighted by Crippen LogP contribution is -2.43. The molecule has 1 fully saturated rings. The molecule has 1 saturated heterocycles. The molecule has 0 bridgehead atoms. The standard InChI is InChI=1S/C12H15ClF2N2O.2ClH/c13-9-7-10(15)11(8-12(9)18-6-1-14)17-4-2-16-3-5-17;;/h7-8,16H,1-6H2;2*1H. The van der Waals surface area contributed by atoms with Crippen LogP contribution in [-0.4, -0.2) is 39.5 Å². The second kappa shape index (κ2) is 9.45. The summed E-state index contributed by atoms with van der Waals surface area (Å²) in [5, 5.41) is 3.36. The van der Waals surface area contributed by atoms with Gasteiger partial charge in [0.1, 0.15) is 24.8 Å². The van der Waals surface area contributed by atoms with Crippen molar-refractivity contribution < 1.29 is 13.5 Å². The van der Waals surface area contributed by atoms with Crippen LogP contribution in [0.3, 0.4) is 0 Å². The van der Waals surface area contributed by atoms with Gasteiger partial charge in [-0.2, -0.15) is 0 Å². The van der Waals surface area contributed by atoms with Crippen LogP contribution >= 0.6 is 36.4 Å². The van der Waals surface area contributed by atoms with Gasteiger partial charge in [0.15, 0.2) is 0 Å². The maximum Gasteiger partial charge on any atom is 0.148 e. The summed E-state index contributed by atoms with van der Waals surface area (Å²) in [6.45, 7) is 2.39. The molecule has 0 aromatic heterocycles. The highest BCUT2D eigenvalue weighted by Crippen LogP contribution is 2.32. The molecule has 0 atom stereocenters. The fraction of sp³-hybridized carbons (Fsp3) is 0.500. The van der Waals surface area contributed by atoms with Crippen LogP contribution in [0.4, 0.5) is 14.5 Å². The van der Waals surface area contributed by atoms with E-state index in [0.29, 0.717) is 11.4 Å². The van der Waals surface area contributed by atoms with Crippen molar-refractivity contribution >= 4 is 42.1 Å². The second-order valence-corrected chi connectivity index (χ2v) is 4.42. The van der Waals surface area contributed by atoms with Gasteiger partial charge in [0, 0.05) is 32.2 Å². The largest absolute Gasteiger partial charge is 0.489 e. The Morgan fingerprint density at radius 2 is 1.90 bits per heavy atom. The highest BCUT2D eigenvalue weighted by atomic mass is 35.5. The van der Waals surface area contributed by atoms with Crippen molar-refractivity contribution in [2.75, 3.05) is 44.4 Å². The third kappa shape index (κ3) is 4.81. The molecule has 2 rings (SSSR count). The van der Waals surface area contributed by atoms with Crippen LogP contribution < -0.4 is 15.0 Å². The van der Waals surface area contributed by atoms with Gasteiger partial charge in [0.05, 0.1) is 10.7 Å². The molecular formula is C12H17Cl3F2N2O. The molecular weight excluding hydrogens is 332 g/mol. The lowest BCUT2D eigenvalue weighted by atomic mass is 10.2. The molecule has 8 heteroatoms. The Morgan fingerprint density at radius 3 is 2.50 bits per heavy atom. The van der Waals surface area contributed by atoms with E-state index in [4.69, 9.17) is 16.3 Å². The number of nitrogens with one attached hydrogen (secondary N) is 1. The Labute approximate surface area is 134 Å². The molecule has 1 aliphatic rings. The maximum atomic E-state index is 13.9. The topological polar surface area (TPSA) is 24.5 Å². The lowest BCUT2D eigenvalue weighted by Gasteiger charge is -2.30. The average Bonchev–Trinajstić information content (AvgIpc) is 2.39. The van der Waals surface area contributed by atoms with Crippen LogP contribution in [0.25, 0.3) is 0 Å². The number of hydrogen-bond acceptors (Lipinski definition) is 3. The van der Waals surface area contributed by atoms with Crippen molar-refractivity contribution in [3.63, 3.8) is 0 Å². The zero-order chi connectivity index (χ0) is 13.0. The number of rotatable bonds is 4. The van der Waals surface area contributed by atoms with Crippen molar-refractivity contribution in [2.24, 2.45) is 0 Å². The van der Waals surface area contributed by atoms with E-state index >= 15 is 0 Å². The van der Waals surface area contributed by atoms with Crippen molar-refractivity contribution in [2.45, 2.75) is 0 Å². The summed E-state index contributed by atoms with van der Waals surface area (Å²) in [6.07, 6.45) is 0. The van der Waals surface area contributed by atoms with Crippen LogP contribution in [0.2, 0.25) is 5.02 Å². The fourth-order valence-corrected chi connectivity index (χ4v) is 2.13. The minimum Gasteiger partial charge on any atom is -0.489 e. The zero-order valence-corrected chi connectivity index (χ0v) is 13.1. The normalized spacial score (nSPS) is 14.2. The van der Waals surface area contributed by atoms with E-state index in [1.54, 1.807) is 6.07 Å². The first-order valence-electron chi connectivity index (χ1n) is 5.86. The number of alkyl halides is 1. The maximum absolute atomic E-state index is 13.9. The van der Waals surface area contributed by atoms with E-state index < -0.39 is 6.67 Å². The van der Waals surface area contributed by atoms with Crippen molar-refractivity contribution in [3.8, 4) is 5.75 Å². The van der Waals surface area contributed by atoms with Crippen LogP contribution in [-0.2, 0) is 0 Å². The minimum atomic E-state index is -0.601. The first-order chi connectivity index (χ1) is 8.72. The van der Waals surface area contributed by atoms with Gasteiger partial charge in [0.25, 0.3) is 0 Å². The van der Waals surface area contributed by atoms with Gasteiger partial charge in [-0.15, -0.1) is 24.8 Å². The molecule has 3 nitrogen and oxygen atoms in total. The molecule has 0 aliphatic carbocycles. The molecule has 1 aliphatic heterocycles. The predicted octanol–water partition coefficient (Wildman–Crippen LogP) is 3.08. The molecule has 0 radical (unpaired) electrons.